The third-order valence-electron chi connectivity index (χ3n) is 5.78. The molecule has 2 aromatic carbocycles. The quantitative estimate of drug-likeness (QED) is 0.387. The first kappa shape index (κ1) is 19.3. The molecule has 3 aromatic rings. The summed E-state index contributed by atoms with van der Waals surface area (Å²) in [5, 5.41) is 1.04. The molecule has 4 rings (SSSR count). The Morgan fingerprint density at radius 1 is 1.07 bits per heavy atom. The number of carbonyl (C=O) groups is 1. The number of rotatable bonds is 5. The van der Waals surface area contributed by atoms with E-state index in [2.05, 4.69) is 20.4 Å². The maximum Gasteiger partial charge on any atom is 0.333 e. The van der Waals surface area contributed by atoms with Crippen molar-refractivity contribution >= 4 is 16.9 Å². The highest BCUT2D eigenvalue weighted by atomic mass is 16.6. The number of fused-ring (bicyclic) bond motifs is 1. The molecular formula is C25H26O4. The Labute approximate surface area is 171 Å². The molecule has 0 bridgehead atoms. The van der Waals surface area contributed by atoms with Crippen molar-refractivity contribution in [3.63, 3.8) is 0 Å². The normalized spacial score (nSPS) is 20.5. The van der Waals surface area contributed by atoms with Gasteiger partial charge in [-0.25, -0.2) is 4.79 Å². The monoisotopic (exact) mass is 390 g/mol. The zero-order valence-corrected chi connectivity index (χ0v) is 17.1. The van der Waals surface area contributed by atoms with E-state index in [0.717, 1.165) is 40.9 Å². The molecule has 4 nitrogen and oxygen atoms in total. The fraction of sp³-hybridized carbons (Fsp3) is 0.320. The number of hydrogen-bond donors (Lipinski definition) is 0. The van der Waals surface area contributed by atoms with Crippen molar-refractivity contribution in [2.75, 3.05) is 0 Å². The van der Waals surface area contributed by atoms with Gasteiger partial charge >= 0.3 is 5.97 Å². The third kappa shape index (κ3) is 3.80. The van der Waals surface area contributed by atoms with Gasteiger partial charge < -0.3 is 13.9 Å². The predicted octanol–water partition coefficient (Wildman–Crippen LogP) is 6.16. The van der Waals surface area contributed by atoms with E-state index in [1.165, 1.54) is 0 Å². The standard InChI is InChI=1S/C25H26O4/c1-16(2)24(26)29-23-13-12-22(25(23,3)4)27-19-11-10-18-14-20(28-21(18)15-19)17-8-6-5-7-9-17/h5-11,14-15,22-23H,1,12-13H2,2-4H3. The van der Waals surface area contributed by atoms with Crippen LogP contribution in [0.25, 0.3) is 22.3 Å². The summed E-state index contributed by atoms with van der Waals surface area (Å²) in [4.78, 5) is 11.9. The van der Waals surface area contributed by atoms with Gasteiger partial charge in [-0.3, -0.25) is 0 Å². The molecule has 4 heteroatoms. The van der Waals surface area contributed by atoms with Crippen LogP contribution in [0, 0.1) is 5.41 Å². The van der Waals surface area contributed by atoms with Crippen molar-refractivity contribution in [2.45, 2.75) is 45.8 Å². The van der Waals surface area contributed by atoms with Crippen molar-refractivity contribution < 1.29 is 18.7 Å². The number of furan rings is 1. The Balaban J connectivity index is 1.52. The largest absolute Gasteiger partial charge is 0.490 e. The molecule has 150 valence electrons. The molecular weight excluding hydrogens is 364 g/mol. The highest BCUT2D eigenvalue weighted by molar-refractivity contribution is 5.87. The van der Waals surface area contributed by atoms with Crippen LogP contribution in [0.5, 0.6) is 5.75 Å². The Morgan fingerprint density at radius 3 is 2.52 bits per heavy atom. The first-order valence-corrected chi connectivity index (χ1v) is 9.97. The van der Waals surface area contributed by atoms with Gasteiger partial charge in [0, 0.05) is 28.0 Å². The Morgan fingerprint density at radius 2 is 1.79 bits per heavy atom. The van der Waals surface area contributed by atoms with E-state index in [1.807, 2.05) is 54.6 Å². The lowest BCUT2D eigenvalue weighted by Gasteiger charge is -2.32. The second-order valence-electron chi connectivity index (χ2n) is 8.36. The van der Waals surface area contributed by atoms with Gasteiger partial charge in [0.05, 0.1) is 0 Å². The zero-order chi connectivity index (χ0) is 20.6. The smallest absolute Gasteiger partial charge is 0.333 e. The lowest BCUT2D eigenvalue weighted by Crippen LogP contribution is -2.38. The lowest BCUT2D eigenvalue weighted by molar-refractivity contribution is -0.150. The van der Waals surface area contributed by atoms with E-state index in [4.69, 9.17) is 13.9 Å². The fourth-order valence-corrected chi connectivity index (χ4v) is 3.90. The maximum absolute atomic E-state index is 11.9. The second-order valence-corrected chi connectivity index (χ2v) is 8.36. The summed E-state index contributed by atoms with van der Waals surface area (Å²) in [6.45, 7) is 9.50. The molecule has 1 saturated carbocycles. The van der Waals surface area contributed by atoms with E-state index >= 15 is 0 Å². The average Bonchev–Trinajstić information content (AvgIpc) is 3.24. The Bertz CT molecular complexity index is 1050. The van der Waals surface area contributed by atoms with Gasteiger partial charge in [-0.2, -0.15) is 0 Å². The molecule has 0 N–H and O–H groups in total. The molecule has 0 radical (unpaired) electrons. The van der Waals surface area contributed by atoms with Crippen molar-refractivity contribution in [1.29, 1.82) is 0 Å². The molecule has 1 aliphatic carbocycles. The molecule has 0 saturated heterocycles. The van der Waals surface area contributed by atoms with Gasteiger partial charge in [-0.15, -0.1) is 0 Å². The van der Waals surface area contributed by atoms with Gasteiger partial charge in [-0.05, 0) is 38.0 Å². The summed E-state index contributed by atoms with van der Waals surface area (Å²) in [5.74, 6) is 1.26. The highest BCUT2D eigenvalue weighted by Crippen LogP contribution is 2.42. The molecule has 0 spiro atoms. The molecule has 1 aromatic heterocycles. The van der Waals surface area contributed by atoms with Gasteiger partial charge in [0.25, 0.3) is 0 Å². The van der Waals surface area contributed by atoms with E-state index in [-0.39, 0.29) is 23.6 Å². The molecule has 29 heavy (non-hydrogen) atoms. The van der Waals surface area contributed by atoms with Crippen LogP contribution < -0.4 is 4.74 Å². The summed E-state index contributed by atoms with van der Waals surface area (Å²) >= 11 is 0. The van der Waals surface area contributed by atoms with Crippen LogP contribution in [0.3, 0.4) is 0 Å². The topological polar surface area (TPSA) is 48.7 Å². The molecule has 0 amide bonds. The van der Waals surface area contributed by atoms with Crippen LogP contribution in [-0.2, 0) is 9.53 Å². The van der Waals surface area contributed by atoms with Crippen LogP contribution in [0.2, 0.25) is 0 Å². The van der Waals surface area contributed by atoms with E-state index in [9.17, 15) is 4.79 Å². The summed E-state index contributed by atoms with van der Waals surface area (Å²) in [6, 6.07) is 18.0. The molecule has 2 atom stereocenters. The minimum Gasteiger partial charge on any atom is -0.490 e. The fourth-order valence-electron chi connectivity index (χ4n) is 3.90. The molecule has 0 aliphatic heterocycles. The first-order chi connectivity index (χ1) is 13.8. The first-order valence-electron chi connectivity index (χ1n) is 9.97. The van der Waals surface area contributed by atoms with Crippen molar-refractivity contribution in [3.8, 4) is 17.1 Å². The summed E-state index contributed by atoms with van der Waals surface area (Å²) in [6.07, 6.45) is 1.37. The molecule has 1 aliphatic rings. The highest BCUT2D eigenvalue weighted by Gasteiger charge is 2.47. The summed E-state index contributed by atoms with van der Waals surface area (Å²) < 4.78 is 18.0. The zero-order valence-electron chi connectivity index (χ0n) is 17.1. The SMILES string of the molecule is C=C(C)C(=O)OC1CCC(Oc2ccc3cc(-c4ccccc4)oc3c2)C1(C)C. The van der Waals surface area contributed by atoms with Crippen LogP contribution in [0.1, 0.15) is 33.6 Å². The molecule has 1 heterocycles. The minimum absolute atomic E-state index is 0.0496. The van der Waals surface area contributed by atoms with Gasteiger partial charge in [0.2, 0.25) is 0 Å². The number of carbonyl (C=O) groups excluding carboxylic acids is 1. The predicted molar refractivity (Wildman–Crippen MR) is 114 cm³/mol. The Hall–Kier alpha value is -3.01. The number of benzene rings is 2. The lowest BCUT2D eigenvalue weighted by atomic mass is 9.86. The van der Waals surface area contributed by atoms with Crippen molar-refractivity contribution in [1.82, 2.24) is 0 Å². The van der Waals surface area contributed by atoms with Gasteiger partial charge in [-0.1, -0.05) is 50.8 Å². The maximum atomic E-state index is 11.9. The molecule has 2 unspecified atom stereocenters. The van der Waals surface area contributed by atoms with Gasteiger partial charge in [0.15, 0.2) is 0 Å². The minimum atomic E-state index is -0.339. The van der Waals surface area contributed by atoms with Gasteiger partial charge in [0.1, 0.15) is 29.3 Å². The Kier molecular flexibility index (Phi) is 4.95. The van der Waals surface area contributed by atoms with Crippen LogP contribution in [-0.4, -0.2) is 18.2 Å². The number of hydrogen-bond acceptors (Lipinski definition) is 4. The third-order valence-corrected chi connectivity index (χ3v) is 5.78. The van der Waals surface area contributed by atoms with Crippen molar-refractivity contribution in [2.24, 2.45) is 5.41 Å². The van der Waals surface area contributed by atoms with Crippen molar-refractivity contribution in [3.05, 3.63) is 66.7 Å². The molecule has 1 fully saturated rings. The summed E-state index contributed by atoms with van der Waals surface area (Å²) in [7, 11) is 0. The average molecular weight is 390 g/mol. The second kappa shape index (κ2) is 7.43. The number of ether oxygens (including phenoxy) is 2. The van der Waals surface area contributed by atoms with Crippen LogP contribution in [0.4, 0.5) is 0 Å². The van der Waals surface area contributed by atoms with E-state index < -0.39 is 0 Å². The van der Waals surface area contributed by atoms with E-state index in [1.54, 1.807) is 6.92 Å². The van der Waals surface area contributed by atoms with E-state index in [0.29, 0.717) is 5.57 Å². The van der Waals surface area contributed by atoms with Crippen LogP contribution in [0.15, 0.2) is 71.2 Å². The van der Waals surface area contributed by atoms with Crippen LogP contribution >= 0.6 is 0 Å². The summed E-state index contributed by atoms with van der Waals surface area (Å²) in [5.41, 5.74) is 1.97. The number of esters is 1.